The molecule has 0 bridgehead atoms. The second-order valence-electron chi connectivity index (χ2n) is 8.76. The van der Waals surface area contributed by atoms with E-state index < -0.39 is 0 Å². The zero-order valence-corrected chi connectivity index (χ0v) is 19.3. The van der Waals surface area contributed by atoms with Crippen LogP contribution in [0.2, 0.25) is 0 Å². The van der Waals surface area contributed by atoms with Crippen molar-refractivity contribution in [1.82, 2.24) is 29.3 Å². The van der Waals surface area contributed by atoms with Crippen LogP contribution in [0.25, 0.3) is 11.2 Å². The number of nitrogens with one attached hydrogen (secondary N) is 2. The average Bonchev–Trinajstić information content (AvgIpc) is 3.16. The first-order chi connectivity index (χ1) is 15.4. The highest BCUT2D eigenvalue weighted by Crippen LogP contribution is 2.20. The lowest BCUT2D eigenvalue weighted by Gasteiger charge is -2.34. The number of aromatic nitrogens is 4. The molecule has 0 radical (unpaired) electrons. The molecule has 0 aliphatic carbocycles. The van der Waals surface area contributed by atoms with Crippen LogP contribution in [0, 0.1) is 13.8 Å². The van der Waals surface area contributed by atoms with Gasteiger partial charge in [0.1, 0.15) is 11.8 Å². The van der Waals surface area contributed by atoms with E-state index in [0.717, 1.165) is 66.6 Å². The number of carbonyl (C=O) groups excluding carboxylic acids is 1. The maximum absolute atomic E-state index is 12.6. The van der Waals surface area contributed by atoms with Crippen molar-refractivity contribution >= 4 is 28.6 Å². The van der Waals surface area contributed by atoms with Crippen LogP contribution in [-0.4, -0.2) is 74.0 Å². The van der Waals surface area contributed by atoms with Gasteiger partial charge in [-0.3, -0.25) is 14.6 Å². The average molecular weight is 437 g/mol. The zero-order valence-electron chi connectivity index (χ0n) is 19.3. The molecular formula is C23H32N8O. The highest BCUT2D eigenvalue weighted by atomic mass is 16.2. The highest BCUT2D eigenvalue weighted by Gasteiger charge is 2.21. The summed E-state index contributed by atoms with van der Waals surface area (Å²) in [6, 6.07) is 6.33. The molecule has 0 unspecified atom stereocenters. The number of rotatable bonds is 7. The Labute approximate surface area is 188 Å². The van der Waals surface area contributed by atoms with Gasteiger partial charge in [0.15, 0.2) is 11.5 Å². The number of piperazine rings is 1. The fraction of sp³-hybridized carbons (Fsp3) is 0.478. The van der Waals surface area contributed by atoms with Crippen LogP contribution in [0.3, 0.4) is 0 Å². The molecule has 1 aromatic carbocycles. The van der Waals surface area contributed by atoms with Gasteiger partial charge in [-0.05, 0) is 38.8 Å². The molecule has 1 saturated heterocycles. The standard InChI is InChI=1S/C23H32N8O/c1-16(2)27-22-21-23(25-13-24-22)31(14-26-21)15-30-10-8-29(9-11-30)12-19(32)28-20-17(3)6-5-7-18(20)4/h5-7,13-14,16H,8-12,15H2,1-4H3,(H,28,32)(H,24,25,27). The number of aryl methyl sites for hydroxylation is 2. The first-order valence-electron chi connectivity index (χ1n) is 11.1. The van der Waals surface area contributed by atoms with E-state index in [9.17, 15) is 4.79 Å². The minimum Gasteiger partial charge on any atom is -0.366 e. The molecule has 2 aromatic heterocycles. The Morgan fingerprint density at radius 3 is 2.41 bits per heavy atom. The summed E-state index contributed by atoms with van der Waals surface area (Å²) in [5.41, 5.74) is 4.73. The molecule has 0 atom stereocenters. The Morgan fingerprint density at radius 2 is 1.72 bits per heavy atom. The van der Waals surface area contributed by atoms with Gasteiger partial charge in [0.25, 0.3) is 0 Å². The molecular weight excluding hydrogens is 404 g/mol. The predicted molar refractivity (Wildman–Crippen MR) is 127 cm³/mol. The minimum absolute atomic E-state index is 0.0401. The van der Waals surface area contributed by atoms with E-state index in [1.807, 2.05) is 38.4 Å². The molecule has 9 heteroatoms. The van der Waals surface area contributed by atoms with E-state index in [1.165, 1.54) is 0 Å². The summed E-state index contributed by atoms with van der Waals surface area (Å²) in [5.74, 6) is 0.807. The third-order valence-electron chi connectivity index (χ3n) is 5.76. The van der Waals surface area contributed by atoms with Gasteiger partial charge < -0.3 is 15.2 Å². The van der Waals surface area contributed by atoms with E-state index >= 15 is 0 Å². The third kappa shape index (κ3) is 5.05. The van der Waals surface area contributed by atoms with E-state index in [4.69, 9.17) is 0 Å². The zero-order chi connectivity index (χ0) is 22.7. The summed E-state index contributed by atoms with van der Waals surface area (Å²) in [5, 5.41) is 6.41. The second-order valence-corrected chi connectivity index (χ2v) is 8.76. The maximum Gasteiger partial charge on any atom is 0.238 e. The molecule has 170 valence electrons. The number of carbonyl (C=O) groups is 1. The molecule has 1 amide bonds. The monoisotopic (exact) mass is 436 g/mol. The van der Waals surface area contributed by atoms with E-state index in [2.05, 4.69) is 53.8 Å². The van der Waals surface area contributed by atoms with Crippen molar-refractivity contribution in [1.29, 1.82) is 0 Å². The molecule has 32 heavy (non-hydrogen) atoms. The summed E-state index contributed by atoms with van der Waals surface area (Å²) in [6.07, 6.45) is 3.41. The minimum atomic E-state index is 0.0401. The van der Waals surface area contributed by atoms with Crippen LogP contribution in [-0.2, 0) is 11.5 Å². The number of nitrogens with zero attached hydrogens (tertiary/aromatic N) is 6. The molecule has 0 saturated carbocycles. The van der Waals surface area contributed by atoms with Crippen molar-refractivity contribution in [3.05, 3.63) is 42.0 Å². The number of amides is 1. The molecule has 4 rings (SSSR count). The molecule has 9 nitrogen and oxygen atoms in total. The first kappa shape index (κ1) is 22.2. The molecule has 1 fully saturated rings. The van der Waals surface area contributed by atoms with Crippen LogP contribution in [0.5, 0.6) is 0 Å². The molecule has 2 N–H and O–H groups in total. The summed E-state index contributed by atoms with van der Waals surface area (Å²) >= 11 is 0. The van der Waals surface area contributed by atoms with Crippen molar-refractivity contribution in [2.24, 2.45) is 0 Å². The lowest BCUT2D eigenvalue weighted by molar-refractivity contribution is -0.117. The predicted octanol–water partition coefficient (Wildman–Crippen LogP) is 2.48. The lowest BCUT2D eigenvalue weighted by atomic mass is 10.1. The van der Waals surface area contributed by atoms with Gasteiger partial charge in [0, 0.05) is 37.9 Å². The lowest BCUT2D eigenvalue weighted by Crippen LogP contribution is -2.48. The molecule has 3 heterocycles. The van der Waals surface area contributed by atoms with Gasteiger partial charge in [-0.2, -0.15) is 0 Å². The van der Waals surface area contributed by atoms with Crippen LogP contribution in [0.4, 0.5) is 11.5 Å². The largest absolute Gasteiger partial charge is 0.366 e. The SMILES string of the molecule is Cc1cccc(C)c1NC(=O)CN1CCN(Cn2cnc3c(NC(C)C)ncnc32)CC1. The Kier molecular flexibility index (Phi) is 6.66. The smallest absolute Gasteiger partial charge is 0.238 e. The second kappa shape index (κ2) is 9.62. The number of hydrogen-bond acceptors (Lipinski definition) is 7. The van der Waals surface area contributed by atoms with Crippen molar-refractivity contribution in [3.63, 3.8) is 0 Å². The Bertz CT molecular complexity index is 1060. The quantitative estimate of drug-likeness (QED) is 0.588. The van der Waals surface area contributed by atoms with E-state index in [1.54, 1.807) is 6.33 Å². The Balaban J connectivity index is 1.31. The van der Waals surface area contributed by atoms with Crippen molar-refractivity contribution in [2.45, 2.75) is 40.4 Å². The van der Waals surface area contributed by atoms with Crippen LogP contribution < -0.4 is 10.6 Å². The van der Waals surface area contributed by atoms with E-state index in [0.29, 0.717) is 6.54 Å². The first-order valence-corrected chi connectivity index (χ1v) is 11.1. The van der Waals surface area contributed by atoms with Gasteiger partial charge in [-0.25, -0.2) is 15.0 Å². The fourth-order valence-electron chi connectivity index (χ4n) is 4.06. The molecule has 1 aliphatic heterocycles. The number of hydrogen-bond donors (Lipinski definition) is 2. The van der Waals surface area contributed by atoms with Crippen LogP contribution in [0.15, 0.2) is 30.9 Å². The number of fused-ring (bicyclic) bond motifs is 1. The number of imidazole rings is 1. The van der Waals surface area contributed by atoms with E-state index in [-0.39, 0.29) is 11.9 Å². The van der Waals surface area contributed by atoms with Crippen molar-refractivity contribution in [3.8, 4) is 0 Å². The number of para-hydroxylation sites is 1. The third-order valence-corrected chi connectivity index (χ3v) is 5.76. The summed E-state index contributed by atoms with van der Waals surface area (Å²) in [6.45, 7) is 12.8. The maximum atomic E-state index is 12.6. The number of benzene rings is 1. The number of anilines is 2. The van der Waals surface area contributed by atoms with Gasteiger partial charge in [0.05, 0.1) is 19.5 Å². The Morgan fingerprint density at radius 1 is 1.03 bits per heavy atom. The molecule has 1 aliphatic rings. The van der Waals surface area contributed by atoms with Crippen molar-refractivity contribution < 1.29 is 4.79 Å². The van der Waals surface area contributed by atoms with Gasteiger partial charge in [-0.15, -0.1) is 0 Å². The topological polar surface area (TPSA) is 91.2 Å². The molecule has 3 aromatic rings. The summed E-state index contributed by atoms with van der Waals surface area (Å²) < 4.78 is 2.06. The summed E-state index contributed by atoms with van der Waals surface area (Å²) in [4.78, 5) is 30.4. The summed E-state index contributed by atoms with van der Waals surface area (Å²) in [7, 11) is 0. The fourth-order valence-corrected chi connectivity index (χ4v) is 4.06. The van der Waals surface area contributed by atoms with Crippen molar-refractivity contribution in [2.75, 3.05) is 43.4 Å². The normalized spacial score (nSPS) is 15.4. The molecule has 0 spiro atoms. The van der Waals surface area contributed by atoms with Gasteiger partial charge in [-0.1, -0.05) is 18.2 Å². The van der Waals surface area contributed by atoms with Gasteiger partial charge in [0.2, 0.25) is 5.91 Å². The van der Waals surface area contributed by atoms with Crippen LogP contribution in [0.1, 0.15) is 25.0 Å². The van der Waals surface area contributed by atoms with Gasteiger partial charge >= 0.3 is 0 Å². The highest BCUT2D eigenvalue weighted by molar-refractivity contribution is 5.93. The van der Waals surface area contributed by atoms with Crippen LogP contribution >= 0.6 is 0 Å². The Hall–Kier alpha value is -3.04.